The first-order valence-corrected chi connectivity index (χ1v) is 5.62. The summed E-state index contributed by atoms with van der Waals surface area (Å²) in [5, 5.41) is 9.23. The molecule has 0 amide bonds. The van der Waals surface area contributed by atoms with Gasteiger partial charge in [-0.3, -0.25) is 4.79 Å². The van der Waals surface area contributed by atoms with Crippen LogP contribution in [0.5, 0.6) is 0 Å². The van der Waals surface area contributed by atoms with Crippen LogP contribution >= 0.6 is 23.4 Å². The number of benzene rings is 1. The monoisotopic (exact) mass is 230 g/mol. The third kappa shape index (κ3) is 3.60. The smallest absolute Gasteiger partial charge is 0.307 e. The molecular weight excluding hydrogens is 220 g/mol. The van der Waals surface area contributed by atoms with E-state index in [4.69, 9.17) is 16.7 Å². The topological polar surface area (TPSA) is 37.3 Å². The Labute approximate surface area is 92.3 Å². The van der Waals surface area contributed by atoms with E-state index < -0.39 is 5.97 Å². The first-order valence-electron chi connectivity index (χ1n) is 4.26. The molecule has 0 saturated carbocycles. The average molecular weight is 231 g/mol. The van der Waals surface area contributed by atoms with E-state index in [1.54, 1.807) is 17.8 Å². The Kier molecular flexibility index (Phi) is 4.29. The van der Waals surface area contributed by atoms with Gasteiger partial charge in [0.2, 0.25) is 0 Å². The van der Waals surface area contributed by atoms with E-state index in [0.29, 0.717) is 5.02 Å². The van der Waals surface area contributed by atoms with Gasteiger partial charge < -0.3 is 5.11 Å². The molecule has 14 heavy (non-hydrogen) atoms. The number of thioether (sulfide) groups is 1. The third-order valence-corrected chi connectivity index (χ3v) is 2.67. The fourth-order valence-corrected chi connectivity index (χ4v) is 2.25. The van der Waals surface area contributed by atoms with Crippen molar-refractivity contribution in [1.82, 2.24) is 0 Å². The zero-order valence-electron chi connectivity index (χ0n) is 7.79. The van der Waals surface area contributed by atoms with Crippen LogP contribution in [-0.4, -0.2) is 16.8 Å². The lowest BCUT2D eigenvalue weighted by Gasteiger charge is -2.03. The lowest BCUT2D eigenvalue weighted by Crippen LogP contribution is -1.99. The Bertz CT molecular complexity index is 339. The van der Waals surface area contributed by atoms with Gasteiger partial charge in [0.15, 0.2) is 0 Å². The summed E-state index contributed by atoms with van der Waals surface area (Å²) in [5.41, 5.74) is 0.751. The first kappa shape index (κ1) is 11.4. The van der Waals surface area contributed by atoms with Crippen molar-refractivity contribution in [3.8, 4) is 0 Å². The summed E-state index contributed by atoms with van der Waals surface area (Å²) < 4.78 is 0. The molecule has 0 aliphatic rings. The van der Waals surface area contributed by atoms with Crippen molar-refractivity contribution in [2.45, 2.75) is 18.2 Å². The van der Waals surface area contributed by atoms with Crippen molar-refractivity contribution in [3.63, 3.8) is 0 Å². The Hall–Kier alpha value is -0.670. The van der Waals surface area contributed by atoms with E-state index in [9.17, 15) is 4.79 Å². The van der Waals surface area contributed by atoms with E-state index in [2.05, 4.69) is 0 Å². The van der Waals surface area contributed by atoms with Crippen LogP contribution in [0.3, 0.4) is 0 Å². The molecule has 4 heteroatoms. The normalized spacial score (nSPS) is 10.1. The lowest BCUT2D eigenvalue weighted by atomic mass is 10.1. The Morgan fingerprint density at radius 1 is 1.50 bits per heavy atom. The SMILES string of the molecule is CCSc1cc(Cl)cc(CC(=O)O)c1. The third-order valence-electron chi connectivity index (χ3n) is 1.60. The van der Waals surface area contributed by atoms with Crippen molar-refractivity contribution in [2.75, 3.05) is 5.75 Å². The second-order valence-corrected chi connectivity index (χ2v) is 4.57. The highest BCUT2D eigenvalue weighted by Gasteiger charge is 2.03. The zero-order chi connectivity index (χ0) is 10.6. The molecular formula is C10H11ClO2S. The number of carbonyl (C=O) groups is 1. The van der Waals surface area contributed by atoms with Crippen LogP contribution < -0.4 is 0 Å². The van der Waals surface area contributed by atoms with Crippen LogP contribution in [0.4, 0.5) is 0 Å². The molecule has 0 aliphatic carbocycles. The zero-order valence-corrected chi connectivity index (χ0v) is 9.36. The predicted molar refractivity (Wildman–Crippen MR) is 59.2 cm³/mol. The number of halogens is 1. The number of hydrogen-bond donors (Lipinski definition) is 1. The summed E-state index contributed by atoms with van der Waals surface area (Å²) in [7, 11) is 0. The van der Waals surface area contributed by atoms with Gasteiger partial charge in [-0.1, -0.05) is 18.5 Å². The maximum Gasteiger partial charge on any atom is 0.307 e. The number of aliphatic carboxylic acids is 1. The maximum atomic E-state index is 10.5. The molecule has 2 nitrogen and oxygen atoms in total. The van der Waals surface area contributed by atoms with Crippen LogP contribution in [0.2, 0.25) is 5.02 Å². The van der Waals surface area contributed by atoms with Gasteiger partial charge in [0.05, 0.1) is 6.42 Å². The molecule has 0 unspecified atom stereocenters. The fourth-order valence-electron chi connectivity index (χ4n) is 1.15. The largest absolute Gasteiger partial charge is 0.481 e. The summed E-state index contributed by atoms with van der Waals surface area (Å²) in [5.74, 6) is 0.118. The molecule has 0 radical (unpaired) electrons. The molecule has 1 rings (SSSR count). The Morgan fingerprint density at radius 3 is 2.79 bits per heavy atom. The summed E-state index contributed by atoms with van der Waals surface area (Å²) >= 11 is 7.52. The summed E-state index contributed by atoms with van der Waals surface area (Å²) in [4.78, 5) is 11.5. The van der Waals surface area contributed by atoms with Crippen molar-refractivity contribution in [2.24, 2.45) is 0 Å². The molecule has 0 heterocycles. The van der Waals surface area contributed by atoms with Crippen molar-refractivity contribution >= 4 is 29.3 Å². The van der Waals surface area contributed by atoms with Gasteiger partial charge in [-0.15, -0.1) is 11.8 Å². The van der Waals surface area contributed by atoms with Crippen LogP contribution in [-0.2, 0) is 11.2 Å². The van der Waals surface area contributed by atoms with E-state index in [1.165, 1.54) is 0 Å². The standard InChI is InChI=1S/C10H11ClO2S/c1-2-14-9-4-7(5-10(12)13)3-8(11)6-9/h3-4,6H,2,5H2,1H3,(H,12,13). The minimum Gasteiger partial charge on any atom is -0.481 e. The maximum absolute atomic E-state index is 10.5. The van der Waals surface area contributed by atoms with Gasteiger partial charge in [-0.05, 0) is 29.5 Å². The molecule has 0 aromatic heterocycles. The molecule has 0 spiro atoms. The number of carboxylic acids is 1. The summed E-state index contributed by atoms with van der Waals surface area (Å²) in [6.45, 7) is 2.04. The van der Waals surface area contributed by atoms with Crippen LogP contribution in [0.25, 0.3) is 0 Å². The number of hydrogen-bond acceptors (Lipinski definition) is 2. The van der Waals surface area contributed by atoms with E-state index in [-0.39, 0.29) is 6.42 Å². The van der Waals surface area contributed by atoms with Crippen LogP contribution in [0.1, 0.15) is 12.5 Å². The second kappa shape index (κ2) is 5.27. The lowest BCUT2D eigenvalue weighted by molar-refractivity contribution is -0.136. The minimum absolute atomic E-state index is 0.0256. The molecule has 76 valence electrons. The van der Waals surface area contributed by atoms with Gasteiger partial charge in [0, 0.05) is 9.92 Å². The Morgan fingerprint density at radius 2 is 2.21 bits per heavy atom. The molecule has 0 bridgehead atoms. The quantitative estimate of drug-likeness (QED) is 0.808. The van der Waals surface area contributed by atoms with Gasteiger partial charge >= 0.3 is 5.97 Å². The van der Waals surface area contributed by atoms with E-state index in [0.717, 1.165) is 16.2 Å². The van der Waals surface area contributed by atoms with Crippen molar-refractivity contribution < 1.29 is 9.90 Å². The average Bonchev–Trinajstić information content (AvgIpc) is 2.01. The molecule has 1 N–H and O–H groups in total. The second-order valence-electron chi connectivity index (χ2n) is 2.80. The Balaban J connectivity index is 2.88. The molecule has 0 aliphatic heterocycles. The van der Waals surface area contributed by atoms with Gasteiger partial charge in [-0.2, -0.15) is 0 Å². The minimum atomic E-state index is -0.834. The van der Waals surface area contributed by atoms with E-state index in [1.807, 2.05) is 19.1 Å². The number of rotatable bonds is 4. The highest BCUT2D eigenvalue weighted by atomic mass is 35.5. The summed E-state index contributed by atoms with van der Waals surface area (Å²) in [6, 6.07) is 5.41. The molecule has 0 fully saturated rings. The van der Waals surface area contributed by atoms with Crippen LogP contribution in [0, 0.1) is 0 Å². The van der Waals surface area contributed by atoms with E-state index >= 15 is 0 Å². The predicted octanol–water partition coefficient (Wildman–Crippen LogP) is 3.08. The first-order chi connectivity index (χ1) is 6.61. The highest BCUT2D eigenvalue weighted by molar-refractivity contribution is 7.99. The molecule has 0 atom stereocenters. The van der Waals surface area contributed by atoms with Gasteiger partial charge in [0.1, 0.15) is 0 Å². The highest BCUT2D eigenvalue weighted by Crippen LogP contribution is 2.24. The molecule has 1 aromatic carbocycles. The molecule has 0 saturated heterocycles. The molecule has 1 aromatic rings. The summed E-state index contributed by atoms with van der Waals surface area (Å²) in [6.07, 6.45) is 0.0256. The van der Waals surface area contributed by atoms with Crippen molar-refractivity contribution in [1.29, 1.82) is 0 Å². The van der Waals surface area contributed by atoms with Gasteiger partial charge in [0.25, 0.3) is 0 Å². The number of carboxylic acid groups (broad SMARTS) is 1. The van der Waals surface area contributed by atoms with Gasteiger partial charge in [-0.25, -0.2) is 0 Å². The van der Waals surface area contributed by atoms with Crippen molar-refractivity contribution in [3.05, 3.63) is 28.8 Å². The van der Waals surface area contributed by atoms with Crippen LogP contribution in [0.15, 0.2) is 23.1 Å². The fraction of sp³-hybridized carbons (Fsp3) is 0.300.